The Morgan fingerprint density at radius 3 is 1.08 bits per heavy atom. The summed E-state index contributed by atoms with van der Waals surface area (Å²) in [7, 11) is 12.7. The highest BCUT2D eigenvalue weighted by molar-refractivity contribution is 9.26. The minimum Gasteiger partial charge on any atom is -0.377 e. The van der Waals surface area contributed by atoms with Gasteiger partial charge in [0.15, 0.2) is 0 Å². The van der Waals surface area contributed by atoms with Crippen LogP contribution in [0.3, 0.4) is 0 Å². The molecule has 0 bridgehead atoms. The van der Waals surface area contributed by atoms with Gasteiger partial charge in [-0.25, -0.2) is 0 Å². The van der Waals surface area contributed by atoms with Crippen molar-refractivity contribution in [3.05, 3.63) is 0 Å². The smallest absolute Gasteiger partial charge is 0.377 e. The third kappa shape index (κ3) is 11.6. The van der Waals surface area contributed by atoms with Gasteiger partial charge in [-0.15, -0.1) is 0 Å². The Morgan fingerprint density at radius 1 is 0.500 bits per heavy atom. The molecule has 0 aromatic carbocycles. The molecule has 0 atom stereocenters. The molecule has 0 rings (SSSR count). The van der Waals surface area contributed by atoms with Crippen molar-refractivity contribution in [2.45, 2.75) is 37.8 Å². The van der Waals surface area contributed by atoms with E-state index < -0.39 is 17.6 Å². The monoisotopic (exact) mass is 482 g/mol. The molecule has 0 unspecified atom stereocenters. The molecule has 0 saturated carbocycles. The molecule has 0 heterocycles. The van der Waals surface area contributed by atoms with Gasteiger partial charge in [-0.3, -0.25) is 0 Å². The maximum atomic E-state index is 5.42. The van der Waals surface area contributed by atoms with Crippen molar-refractivity contribution in [2.75, 3.05) is 54.2 Å². The molecule has 158 valence electrons. The first-order valence-electron chi connectivity index (χ1n) is 8.46. The van der Waals surface area contributed by atoms with Gasteiger partial charge in [0.05, 0.1) is 0 Å². The lowest BCUT2D eigenvalue weighted by Crippen LogP contribution is -2.42. The van der Waals surface area contributed by atoms with Crippen LogP contribution in [0.25, 0.3) is 0 Å². The van der Waals surface area contributed by atoms with Gasteiger partial charge in [-0.2, -0.15) is 0 Å². The van der Waals surface area contributed by atoms with Crippen LogP contribution in [0.2, 0.25) is 12.1 Å². The molecule has 0 aromatic heterocycles. The molecule has 26 heavy (non-hydrogen) atoms. The molecule has 0 saturated heterocycles. The van der Waals surface area contributed by atoms with E-state index in [4.69, 9.17) is 26.6 Å². The lowest BCUT2D eigenvalue weighted by Gasteiger charge is -2.24. The zero-order chi connectivity index (χ0) is 19.7. The summed E-state index contributed by atoms with van der Waals surface area (Å²) in [5.41, 5.74) is 0. The zero-order valence-corrected chi connectivity index (χ0v) is 22.0. The van der Waals surface area contributed by atoms with Crippen LogP contribution in [0.1, 0.15) is 25.7 Å². The average molecular weight is 483 g/mol. The van der Waals surface area contributed by atoms with Gasteiger partial charge in [0.2, 0.25) is 0 Å². The van der Waals surface area contributed by atoms with Crippen LogP contribution in [-0.2, 0) is 26.6 Å². The van der Waals surface area contributed by atoms with Crippen molar-refractivity contribution < 1.29 is 26.6 Å². The van der Waals surface area contributed by atoms with Crippen LogP contribution < -0.4 is 0 Å². The number of rotatable bonds is 19. The topological polar surface area (TPSA) is 55.4 Å². The summed E-state index contributed by atoms with van der Waals surface area (Å²) in [5, 5.41) is 0. The molecular weight excluding hydrogens is 449 g/mol. The molecule has 0 fully saturated rings. The fraction of sp³-hybridized carbons (Fsp3) is 1.00. The van der Waals surface area contributed by atoms with E-state index in [0.717, 1.165) is 49.3 Å². The van der Waals surface area contributed by atoms with Gasteiger partial charge in [-0.1, -0.05) is 21.6 Å². The Morgan fingerprint density at radius 2 is 0.808 bits per heavy atom. The van der Waals surface area contributed by atoms with Crippen LogP contribution in [0, 0.1) is 0 Å². The van der Waals surface area contributed by atoms with Gasteiger partial charge in [0.25, 0.3) is 0 Å². The fourth-order valence-electron chi connectivity index (χ4n) is 2.22. The van der Waals surface area contributed by atoms with Gasteiger partial charge >= 0.3 is 17.6 Å². The summed E-state index contributed by atoms with van der Waals surface area (Å²) >= 11 is 0. The van der Waals surface area contributed by atoms with E-state index in [0.29, 0.717) is 0 Å². The number of unbranched alkanes of at least 4 members (excludes halogenated alkanes) is 2. The van der Waals surface area contributed by atoms with Crippen LogP contribution in [0.4, 0.5) is 0 Å². The van der Waals surface area contributed by atoms with Crippen LogP contribution in [0.5, 0.6) is 0 Å². The van der Waals surface area contributed by atoms with Gasteiger partial charge in [-0.05, 0) is 45.3 Å². The summed E-state index contributed by atoms with van der Waals surface area (Å²) < 4.78 is 32.5. The molecular formula is C14H34O6S4Si2. The Balaban J connectivity index is 3.50. The van der Waals surface area contributed by atoms with E-state index in [9.17, 15) is 0 Å². The van der Waals surface area contributed by atoms with Crippen molar-refractivity contribution in [2.24, 2.45) is 0 Å². The predicted octanol–water partition coefficient (Wildman–Crippen LogP) is 4.98. The van der Waals surface area contributed by atoms with Crippen LogP contribution in [-0.4, -0.2) is 71.8 Å². The van der Waals surface area contributed by atoms with Crippen molar-refractivity contribution in [1.29, 1.82) is 0 Å². The zero-order valence-electron chi connectivity index (χ0n) is 16.7. The van der Waals surface area contributed by atoms with Crippen LogP contribution in [0.15, 0.2) is 0 Å². The SMILES string of the molecule is CO[Si](CCCCSSSSCCCC[Si](OC)(OC)OC)(OC)OC. The molecule has 12 heteroatoms. The Kier molecular flexibility index (Phi) is 18.5. The highest BCUT2D eigenvalue weighted by Gasteiger charge is 2.37. The lowest BCUT2D eigenvalue weighted by molar-refractivity contribution is 0.122. The molecule has 0 aliphatic heterocycles. The van der Waals surface area contributed by atoms with E-state index in [-0.39, 0.29) is 0 Å². The molecule has 0 aromatic rings. The minimum atomic E-state index is -2.38. The number of hydrogen-bond donors (Lipinski definition) is 0. The highest BCUT2D eigenvalue weighted by Crippen LogP contribution is 2.43. The van der Waals surface area contributed by atoms with E-state index in [1.165, 1.54) is 0 Å². The maximum absolute atomic E-state index is 5.42. The second-order valence-electron chi connectivity index (χ2n) is 5.29. The fourth-order valence-corrected chi connectivity index (χ4v) is 12.1. The largest absolute Gasteiger partial charge is 0.500 e. The van der Waals surface area contributed by atoms with Gasteiger partial charge < -0.3 is 26.6 Å². The van der Waals surface area contributed by atoms with Crippen molar-refractivity contribution in [3.8, 4) is 0 Å². The molecule has 6 nitrogen and oxygen atoms in total. The molecule has 0 aliphatic carbocycles. The first-order valence-corrected chi connectivity index (χ1v) is 17.5. The van der Waals surface area contributed by atoms with E-state index in [1.54, 1.807) is 42.7 Å². The lowest BCUT2D eigenvalue weighted by atomic mass is 10.4. The van der Waals surface area contributed by atoms with Gasteiger partial charge in [0, 0.05) is 66.3 Å². The Hall–Kier alpha value is 1.59. The predicted molar refractivity (Wildman–Crippen MR) is 122 cm³/mol. The van der Waals surface area contributed by atoms with Crippen molar-refractivity contribution in [3.63, 3.8) is 0 Å². The first kappa shape index (κ1) is 27.6. The van der Waals surface area contributed by atoms with Crippen molar-refractivity contribution in [1.82, 2.24) is 0 Å². The summed E-state index contributed by atoms with van der Waals surface area (Å²) in [6, 6.07) is 1.75. The third-order valence-electron chi connectivity index (χ3n) is 3.91. The average Bonchev–Trinajstić information content (AvgIpc) is 2.69. The quantitative estimate of drug-likeness (QED) is 0.143. The molecule has 0 spiro atoms. The third-order valence-corrected chi connectivity index (χ3v) is 16.2. The molecule has 0 radical (unpaired) electrons. The van der Waals surface area contributed by atoms with E-state index in [1.807, 2.05) is 41.2 Å². The Labute approximate surface area is 176 Å². The summed E-state index contributed by atoms with van der Waals surface area (Å²) in [4.78, 5) is 0. The summed E-state index contributed by atoms with van der Waals surface area (Å²) in [5.74, 6) is 2.26. The highest BCUT2D eigenvalue weighted by atomic mass is 33.7. The van der Waals surface area contributed by atoms with Crippen LogP contribution >= 0.6 is 41.2 Å². The Bertz CT molecular complexity index is 279. The molecule has 0 amide bonds. The minimum absolute atomic E-state index is 0.874. The van der Waals surface area contributed by atoms with Gasteiger partial charge in [0.1, 0.15) is 0 Å². The number of hydrogen-bond acceptors (Lipinski definition) is 10. The van der Waals surface area contributed by atoms with Crippen molar-refractivity contribution >= 4 is 58.8 Å². The second kappa shape index (κ2) is 17.5. The summed E-state index contributed by atoms with van der Waals surface area (Å²) in [6.45, 7) is 0. The molecule has 0 aliphatic rings. The summed E-state index contributed by atoms with van der Waals surface area (Å²) in [6.07, 6.45) is 4.42. The maximum Gasteiger partial charge on any atom is 0.500 e. The standard InChI is InChI=1S/C14H34O6S4Si2/c1-15-25(16-2,17-3)13-9-7-11-21-23-24-22-12-8-10-14-26(18-4,19-5)20-6/h7-14H2,1-6H3. The van der Waals surface area contributed by atoms with E-state index in [2.05, 4.69) is 0 Å². The van der Waals surface area contributed by atoms with E-state index >= 15 is 0 Å². The second-order valence-corrected chi connectivity index (χ2v) is 17.7. The first-order chi connectivity index (χ1) is 12.6. The molecule has 0 N–H and O–H groups in total. The normalized spacial score (nSPS) is 12.7.